The number of hydrogen-bond donors (Lipinski definition) is 0. The monoisotopic (exact) mass is 294 g/mol. The van der Waals surface area contributed by atoms with E-state index in [0.29, 0.717) is 13.0 Å². The summed E-state index contributed by atoms with van der Waals surface area (Å²) >= 11 is 0. The molecule has 0 aromatic carbocycles. The molecule has 0 N–H and O–H groups in total. The zero-order chi connectivity index (χ0) is 9.23. The molecular weight excluding hydrogens is 271 g/mol. The van der Waals surface area contributed by atoms with E-state index in [2.05, 4.69) is 13.8 Å². The second-order valence-corrected chi connectivity index (χ2v) is 3.03. The van der Waals surface area contributed by atoms with Crippen molar-refractivity contribution >= 4 is 29.9 Å². The van der Waals surface area contributed by atoms with Crippen molar-refractivity contribution < 1.29 is 9.53 Å². The minimum absolute atomic E-state index is 0. The van der Waals surface area contributed by atoms with Gasteiger partial charge in [0.2, 0.25) is 0 Å². The van der Waals surface area contributed by atoms with Crippen molar-refractivity contribution in [1.82, 2.24) is 0 Å². The Morgan fingerprint density at radius 3 is 2.23 bits per heavy atom. The molecule has 0 spiro atoms. The van der Waals surface area contributed by atoms with Crippen molar-refractivity contribution in [2.45, 2.75) is 52.4 Å². The number of ether oxygens (including phenoxy) is 1. The Morgan fingerprint density at radius 1 is 1.08 bits per heavy atom. The second kappa shape index (κ2) is 12.3. The first-order valence-electron chi connectivity index (χ1n) is 4.96. The summed E-state index contributed by atoms with van der Waals surface area (Å²) in [5.41, 5.74) is 0. The normalized spacial score (nSPS) is 9.08. The molecular formula is C10H22O2Sn. The maximum atomic E-state index is 11.0. The van der Waals surface area contributed by atoms with Crippen LogP contribution in [0.25, 0.3) is 0 Å². The van der Waals surface area contributed by atoms with E-state index < -0.39 is 0 Å². The van der Waals surface area contributed by atoms with E-state index in [9.17, 15) is 4.79 Å². The van der Waals surface area contributed by atoms with E-state index in [4.69, 9.17) is 4.74 Å². The average Bonchev–Trinajstić information content (AvgIpc) is 2.06. The van der Waals surface area contributed by atoms with Gasteiger partial charge in [-0.3, -0.25) is 4.79 Å². The van der Waals surface area contributed by atoms with Crippen LogP contribution in [0, 0.1) is 0 Å². The molecule has 0 fully saturated rings. The first-order valence-corrected chi connectivity index (χ1v) is 4.96. The van der Waals surface area contributed by atoms with Gasteiger partial charge in [-0.25, -0.2) is 0 Å². The Labute approximate surface area is 98.4 Å². The fourth-order valence-corrected chi connectivity index (χ4v) is 0.922. The molecule has 0 saturated heterocycles. The van der Waals surface area contributed by atoms with Gasteiger partial charge in [0.25, 0.3) is 0 Å². The number of hydrogen-bond acceptors (Lipinski definition) is 2. The van der Waals surface area contributed by atoms with Crippen LogP contribution in [-0.2, 0) is 9.53 Å². The minimum atomic E-state index is -0.0306. The van der Waals surface area contributed by atoms with Crippen LogP contribution in [0.15, 0.2) is 0 Å². The molecule has 13 heavy (non-hydrogen) atoms. The molecule has 2 nitrogen and oxygen atoms in total. The molecule has 0 aliphatic carbocycles. The summed E-state index contributed by atoms with van der Waals surface area (Å²) < 4.78 is 4.99. The van der Waals surface area contributed by atoms with Crippen LogP contribution in [0.2, 0.25) is 0 Å². The molecule has 0 amide bonds. The van der Waals surface area contributed by atoms with Gasteiger partial charge in [0.15, 0.2) is 0 Å². The van der Waals surface area contributed by atoms with Gasteiger partial charge in [0.1, 0.15) is 0 Å². The van der Waals surface area contributed by atoms with Crippen molar-refractivity contribution in [3.05, 3.63) is 0 Å². The molecule has 0 aromatic rings. The quantitative estimate of drug-likeness (QED) is 0.408. The van der Waals surface area contributed by atoms with Gasteiger partial charge < -0.3 is 4.74 Å². The molecule has 0 atom stereocenters. The molecule has 0 aromatic heterocycles. The Balaban J connectivity index is 0. The van der Waals surface area contributed by atoms with Gasteiger partial charge in [-0.05, 0) is 12.8 Å². The average molecular weight is 293 g/mol. The third-order valence-electron chi connectivity index (χ3n) is 1.75. The van der Waals surface area contributed by atoms with Crippen molar-refractivity contribution in [1.29, 1.82) is 0 Å². The Kier molecular flexibility index (Phi) is 14.8. The van der Waals surface area contributed by atoms with E-state index in [1.807, 2.05) is 0 Å². The van der Waals surface area contributed by atoms with Crippen molar-refractivity contribution in [2.75, 3.05) is 6.61 Å². The van der Waals surface area contributed by atoms with Gasteiger partial charge >= 0.3 is 29.9 Å². The summed E-state index contributed by atoms with van der Waals surface area (Å²) in [6.07, 6.45) is 5.92. The second-order valence-electron chi connectivity index (χ2n) is 3.03. The first kappa shape index (κ1) is 15.7. The van der Waals surface area contributed by atoms with Crippen LogP contribution in [0.3, 0.4) is 0 Å². The van der Waals surface area contributed by atoms with Gasteiger partial charge in [0.05, 0.1) is 6.61 Å². The molecule has 0 unspecified atom stereocenters. The van der Waals surface area contributed by atoms with Gasteiger partial charge in [-0.15, -0.1) is 0 Å². The molecule has 0 saturated carbocycles. The number of unbranched alkanes of at least 4 members (excludes halogenated alkanes) is 3. The standard InChI is InChI=1S/C10H20O2.Sn.2H/c1-3-5-7-8-10(11)12-9-6-4-2;;;/h3-9H2,1-2H3;;;. The van der Waals surface area contributed by atoms with Crippen LogP contribution in [0.4, 0.5) is 0 Å². The number of carbonyl (C=O) groups excluding carboxylic acids is 1. The van der Waals surface area contributed by atoms with E-state index in [1.165, 1.54) is 0 Å². The predicted octanol–water partition coefficient (Wildman–Crippen LogP) is 1.99. The fraction of sp³-hybridized carbons (Fsp3) is 0.900. The summed E-state index contributed by atoms with van der Waals surface area (Å²) in [5.74, 6) is -0.0306. The topological polar surface area (TPSA) is 26.3 Å². The maximum absolute atomic E-state index is 11.0. The molecule has 2 radical (unpaired) electrons. The summed E-state index contributed by atoms with van der Waals surface area (Å²) in [5, 5.41) is 0. The van der Waals surface area contributed by atoms with Crippen LogP contribution < -0.4 is 0 Å². The van der Waals surface area contributed by atoms with E-state index in [0.717, 1.165) is 32.1 Å². The van der Waals surface area contributed by atoms with Crippen molar-refractivity contribution in [2.24, 2.45) is 0 Å². The summed E-state index contributed by atoms with van der Waals surface area (Å²) in [6, 6.07) is 0. The molecule has 0 rings (SSSR count). The van der Waals surface area contributed by atoms with Crippen LogP contribution in [-0.4, -0.2) is 36.5 Å². The zero-order valence-corrected chi connectivity index (χ0v) is 13.0. The summed E-state index contributed by atoms with van der Waals surface area (Å²) in [4.78, 5) is 11.0. The van der Waals surface area contributed by atoms with Crippen molar-refractivity contribution in [3.63, 3.8) is 0 Å². The number of rotatable bonds is 7. The third kappa shape index (κ3) is 12.3. The molecule has 78 valence electrons. The van der Waals surface area contributed by atoms with Gasteiger partial charge in [-0.1, -0.05) is 33.1 Å². The molecule has 0 aliphatic rings. The molecule has 3 heteroatoms. The number of carbonyl (C=O) groups is 1. The van der Waals surface area contributed by atoms with Crippen LogP contribution >= 0.6 is 0 Å². The van der Waals surface area contributed by atoms with Crippen LogP contribution in [0.5, 0.6) is 0 Å². The fourth-order valence-electron chi connectivity index (χ4n) is 0.922. The Bertz CT molecular complexity index is 103. The zero-order valence-electron chi connectivity index (χ0n) is 8.97. The molecule has 0 bridgehead atoms. The van der Waals surface area contributed by atoms with E-state index >= 15 is 0 Å². The molecule has 0 aliphatic heterocycles. The predicted molar refractivity (Wildman–Crippen MR) is 58.6 cm³/mol. The van der Waals surface area contributed by atoms with Gasteiger partial charge in [0, 0.05) is 6.42 Å². The third-order valence-corrected chi connectivity index (χ3v) is 1.75. The summed E-state index contributed by atoms with van der Waals surface area (Å²) in [7, 11) is 0. The molecule has 0 heterocycles. The Hall–Kier alpha value is 0.269. The van der Waals surface area contributed by atoms with Gasteiger partial charge in [-0.2, -0.15) is 0 Å². The van der Waals surface area contributed by atoms with Crippen LogP contribution in [0.1, 0.15) is 52.4 Å². The number of esters is 1. The van der Waals surface area contributed by atoms with Crippen molar-refractivity contribution in [3.8, 4) is 0 Å². The van der Waals surface area contributed by atoms with E-state index in [-0.39, 0.29) is 29.9 Å². The first-order chi connectivity index (χ1) is 5.81. The van der Waals surface area contributed by atoms with E-state index in [1.54, 1.807) is 0 Å². The Morgan fingerprint density at radius 2 is 1.69 bits per heavy atom. The summed E-state index contributed by atoms with van der Waals surface area (Å²) in [6.45, 7) is 4.81. The SMILES string of the molecule is CCCCCC(=O)OCCCC.[SnH2].